The smallest absolute Gasteiger partial charge is 0.114 e. The van der Waals surface area contributed by atoms with Crippen LogP contribution in [0.25, 0.3) is 10.4 Å². The van der Waals surface area contributed by atoms with Crippen molar-refractivity contribution in [3.8, 4) is 0 Å². The Morgan fingerprint density at radius 1 is 0.952 bits per heavy atom. The summed E-state index contributed by atoms with van der Waals surface area (Å²) >= 11 is 0. The summed E-state index contributed by atoms with van der Waals surface area (Å²) in [5.41, 5.74) is 16.6. The fourth-order valence-electron chi connectivity index (χ4n) is 2.67. The zero-order chi connectivity index (χ0) is 15.3. The van der Waals surface area contributed by atoms with E-state index in [0.29, 0.717) is 0 Å². The molecule has 0 aliphatic heterocycles. The van der Waals surface area contributed by atoms with Gasteiger partial charge in [0.1, 0.15) is 5.54 Å². The van der Waals surface area contributed by atoms with E-state index in [0.717, 1.165) is 11.1 Å². The van der Waals surface area contributed by atoms with Gasteiger partial charge in [-0.2, -0.15) is 0 Å². The number of rotatable bonds is 5. The van der Waals surface area contributed by atoms with Crippen LogP contribution in [-0.2, 0) is 5.54 Å². The van der Waals surface area contributed by atoms with Gasteiger partial charge in [-0.25, -0.2) is 0 Å². The van der Waals surface area contributed by atoms with E-state index in [1.165, 1.54) is 0 Å². The van der Waals surface area contributed by atoms with Crippen LogP contribution in [0.5, 0.6) is 0 Å². The molecule has 0 unspecified atom stereocenters. The summed E-state index contributed by atoms with van der Waals surface area (Å²) in [6, 6.07) is 19.2. The molecule has 0 aromatic heterocycles. The Morgan fingerprint density at radius 3 is 1.71 bits per heavy atom. The highest BCUT2D eigenvalue weighted by atomic mass is 15.2. The zero-order valence-corrected chi connectivity index (χ0v) is 12.3. The predicted octanol–water partition coefficient (Wildman–Crippen LogP) is 4.22. The maximum atomic E-state index is 9.16. The second-order valence-electron chi connectivity index (χ2n) is 5.46. The average molecular weight is 280 g/mol. The van der Waals surface area contributed by atoms with Gasteiger partial charge in [-0.3, -0.25) is 0 Å². The van der Waals surface area contributed by atoms with Crippen LogP contribution in [0.2, 0.25) is 0 Å². The van der Waals surface area contributed by atoms with Crippen molar-refractivity contribution >= 4 is 0 Å². The van der Waals surface area contributed by atoms with Crippen molar-refractivity contribution in [2.45, 2.75) is 25.4 Å². The monoisotopic (exact) mass is 280 g/mol. The molecule has 2 N–H and O–H groups in total. The van der Waals surface area contributed by atoms with Gasteiger partial charge < -0.3 is 5.73 Å². The molecule has 0 aliphatic rings. The van der Waals surface area contributed by atoms with E-state index in [9.17, 15) is 0 Å². The van der Waals surface area contributed by atoms with Crippen molar-refractivity contribution in [3.05, 3.63) is 82.2 Å². The summed E-state index contributed by atoms with van der Waals surface area (Å²) in [5, 5.41) is 4.17. The first-order chi connectivity index (χ1) is 10.1. The molecule has 2 rings (SSSR count). The Labute approximate surface area is 125 Å². The zero-order valence-electron chi connectivity index (χ0n) is 12.3. The number of nitrogens with zero attached hydrogens (tertiary/aromatic N) is 3. The van der Waals surface area contributed by atoms with Gasteiger partial charge in [-0.05, 0) is 22.6 Å². The van der Waals surface area contributed by atoms with Crippen LogP contribution in [0.15, 0.2) is 65.8 Å². The highest BCUT2D eigenvalue weighted by molar-refractivity contribution is 5.41. The van der Waals surface area contributed by atoms with E-state index in [-0.39, 0.29) is 12.0 Å². The van der Waals surface area contributed by atoms with Gasteiger partial charge in [-0.1, -0.05) is 79.6 Å². The standard InChI is InChI=1S/C17H20N4/c1-13(2)16(18)17(20-21-19,14-9-5-3-6-10-14)15-11-7-4-8-12-15/h3-13,16H,18H2,1-2H3/t16-/m0/s1. The number of azide groups is 1. The molecular weight excluding hydrogens is 260 g/mol. The quantitative estimate of drug-likeness (QED) is 0.497. The summed E-state index contributed by atoms with van der Waals surface area (Å²) in [6.07, 6.45) is 0. The van der Waals surface area contributed by atoms with Crippen LogP contribution in [-0.4, -0.2) is 6.04 Å². The maximum absolute atomic E-state index is 9.16. The first kappa shape index (κ1) is 15.1. The van der Waals surface area contributed by atoms with Crippen LogP contribution < -0.4 is 5.73 Å². The first-order valence-corrected chi connectivity index (χ1v) is 7.06. The third-order valence-corrected chi connectivity index (χ3v) is 3.83. The first-order valence-electron chi connectivity index (χ1n) is 7.06. The molecule has 0 amide bonds. The molecular formula is C17H20N4. The number of hydrogen-bond acceptors (Lipinski definition) is 2. The molecule has 0 saturated heterocycles. The van der Waals surface area contributed by atoms with Crippen LogP contribution in [0.4, 0.5) is 0 Å². The van der Waals surface area contributed by atoms with Gasteiger partial charge in [0.2, 0.25) is 0 Å². The van der Waals surface area contributed by atoms with Crippen LogP contribution in [0, 0.1) is 5.92 Å². The van der Waals surface area contributed by atoms with E-state index >= 15 is 0 Å². The van der Waals surface area contributed by atoms with Gasteiger partial charge in [-0.15, -0.1) is 0 Å². The normalized spacial score (nSPS) is 12.8. The second kappa shape index (κ2) is 6.44. The topological polar surface area (TPSA) is 74.8 Å². The van der Waals surface area contributed by atoms with Crippen molar-refractivity contribution in [2.75, 3.05) is 0 Å². The van der Waals surface area contributed by atoms with E-state index in [2.05, 4.69) is 10.0 Å². The molecule has 0 radical (unpaired) electrons. The average Bonchev–Trinajstić information content (AvgIpc) is 2.53. The van der Waals surface area contributed by atoms with Crippen molar-refractivity contribution < 1.29 is 0 Å². The van der Waals surface area contributed by atoms with Gasteiger partial charge >= 0.3 is 0 Å². The van der Waals surface area contributed by atoms with Gasteiger partial charge in [0.25, 0.3) is 0 Å². The van der Waals surface area contributed by atoms with Gasteiger partial charge in [0, 0.05) is 11.0 Å². The minimum absolute atomic E-state index is 0.163. The fourth-order valence-corrected chi connectivity index (χ4v) is 2.67. The highest BCUT2D eigenvalue weighted by Gasteiger charge is 2.41. The van der Waals surface area contributed by atoms with E-state index in [4.69, 9.17) is 11.3 Å². The van der Waals surface area contributed by atoms with Crippen LogP contribution in [0.1, 0.15) is 25.0 Å². The largest absolute Gasteiger partial charge is 0.326 e. The molecule has 0 spiro atoms. The number of hydrogen-bond donors (Lipinski definition) is 1. The Morgan fingerprint density at radius 2 is 1.38 bits per heavy atom. The van der Waals surface area contributed by atoms with Crippen molar-refractivity contribution in [1.29, 1.82) is 0 Å². The number of nitrogens with two attached hydrogens (primary N) is 1. The molecule has 0 bridgehead atoms. The third kappa shape index (κ3) is 2.77. The molecule has 21 heavy (non-hydrogen) atoms. The number of benzene rings is 2. The Bertz CT molecular complexity index is 576. The Balaban J connectivity index is 2.75. The Kier molecular flexibility index (Phi) is 4.63. The highest BCUT2D eigenvalue weighted by Crippen LogP contribution is 2.39. The SMILES string of the molecule is CC(C)[C@H](N)C(N=[N+]=[N-])(c1ccccc1)c1ccccc1. The molecule has 0 aliphatic carbocycles. The van der Waals surface area contributed by atoms with Crippen molar-refractivity contribution in [1.82, 2.24) is 0 Å². The summed E-state index contributed by atoms with van der Waals surface area (Å²) in [6.45, 7) is 4.08. The molecule has 2 aromatic rings. The molecule has 4 nitrogen and oxygen atoms in total. The summed E-state index contributed by atoms with van der Waals surface area (Å²) in [7, 11) is 0. The lowest BCUT2D eigenvalue weighted by atomic mass is 9.74. The third-order valence-electron chi connectivity index (χ3n) is 3.83. The molecule has 0 fully saturated rings. The lowest BCUT2D eigenvalue weighted by molar-refractivity contribution is 0.337. The predicted molar refractivity (Wildman–Crippen MR) is 85.6 cm³/mol. The molecule has 1 atom stereocenters. The molecule has 2 aromatic carbocycles. The summed E-state index contributed by atoms with van der Waals surface area (Å²) in [5.74, 6) is 0.163. The maximum Gasteiger partial charge on any atom is 0.114 e. The minimum atomic E-state index is -0.897. The Hall–Kier alpha value is -2.29. The van der Waals surface area contributed by atoms with Crippen LogP contribution >= 0.6 is 0 Å². The van der Waals surface area contributed by atoms with E-state index in [1.54, 1.807) is 0 Å². The fraction of sp³-hybridized carbons (Fsp3) is 0.294. The van der Waals surface area contributed by atoms with Crippen molar-refractivity contribution in [3.63, 3.8) is 0 Å². The molecule has 4 heteroatoms. The van der Waals surface area contributed by atoms with Gasteiger partial charge in [0.15, 0.2) is 0 Å². The van der Waals surface area contributed by atoms with E-state index in [1.807, 2.05) is 74.5 Å². The lowest BCUT2D eigenvalue weighted by Gasteiger charge is -2.38. The minimum Gasteiger partial charge on any atom is -0.326 e. The van der Waals surface area contributed by atoms with Gasteiger partial charge in [0.05, 0.1) is 0 Å². The lowest BCUT2D eigenvalue weighted by Crippen LogP contribution is -2.48. The summed E-state index contributed by atoms with van der Waals surface area (Å²) < 4.78 is 0. The van der Waals surface area contributed by atoms with Crippen molar-refractivity contribution in [2.24, 2.45) is 16.8 Å². The molecule has 0 heterocycles. The second-order valence-corrected chi connectivity index (χ2v) is 5.46. The van der Waals surface area contributed by atoms with E-state index < -0.39 is 5.54 Å². The molecule has 0 saturated carbocycles. The molecule has 108 valence electrons. The van der Waals surface area contributed by atoms with Crippen LogP contribution in [0.3, 0.4) is 0 Å². The summed E-state index contributed by atoms with van der Waals surface area (Å²) in [4.78, 5) is 3.11.